The van der Waals surface area contributed by atoms with Crippen molar-refractivity contribution in [3.63, 3.8) is 0 Å². The quantitative estimate of drug-likeness (QED) is 0.517. The van der Waals surface area contributed by atoms with Crippen molar-refractivity contribution in [1.29, 1.82) is 0 Å². The Labute approximate surface area is 176 Å². The van der Waals surface area contributed by atoms with E-state index in [4.69, 9.17) is 5.10 Å². The summed E-state index contributed by atoms with van der Waals surface area (Å²) in [6.45, 7) is 0. The van der Waals surface area contributed by atoms with Gasteiger partial charge in [0, 0.05) is 16.5 Å². The number of amides is 1. The van der Waals surface area contributed by atoms with Gasteiger partial charge >= 0.3 is 6.18 Å². The lowest BCUT2D eigenvalue weighted by atomic mass is 9.96. The Hall–Kier alpha value is -2.55. The lowest BCUT2D eigenvalue weighted by molar-refractivity contribution is -0.141. The summed E-state index contributed by atoms with van der Waals surface area (Å²) < 4.78 is 40.7. The molecule has 1 aliphatic carbocycles. The number of fused-ring (bicyclic) bond motifs is 1. The van der Waals surface area contributed by atoms with Crippen molar-refractivity contribution in [3.05, 3.63) is 47.9 Å². The van der Waals surface area contributed by atoms with Crippen LogP contribution in [0.3, 0.4) is 0 Å². The molecule has 5 nitrogen and oxygen atoms in total. The number of aromatic nitrogens is 3. The molecule has 0 aliphatic heterocycles. The maximum atomic E-state index is 12.9. The van der Waals surface area contributed by atoms with Gasteiger partial charge in [0.15, 0.2) is 0 Å². The highest BCUT2D eigenvalue weighted by atomic mass is 32.2. The van der Waals surface area contributed by atoms with Gasteiger partial charge in [-0.2, -0.15) is 18.3 Å². The Kier molecular flexibility index (Phi) is 5.73. The van der Waals surface area contributed by atoms with Crippen molar-refractivity contribution >= 4 is 34.3 Å². The molecule has 0 spiro atoms. The normalized spacial score (nSPS) is 15.5. The zero-order chi connectivity index (χ0) is 21.3. The molecule has 0 saturated heterocycles. The minimum absolute atomic E-state index is 0.283. The number of anilines is 1. The van der Waals surface area contributed by atoms with E-state index < -0.39 is 17.8 Å². The van der Waals surface area contributed by atoms with Crippen molar-refractivity contribution in [3.8, 4) is 0 Å². The number of nitrogens with zero attached hydrogens (tertiary/aromatic N) is 3. The van der Waals surface area contributed by atoms with Gasteiger partial charge < -0.3 is 5.32 Å². The van der Waals surface area contributed by atoms with Crippen LogP contribution in [0.4, 0.5) is 18.9 Å². The molecule has 0 radical (unpaired) electrons. The molecule has 1 amide bonds. The van der Waals surface area contributed by atoms with Gasteiger partial charge in [0.25, 0.3) is 5.91 Å². The number of rotatable bonds is 4. The molecule has 1 aromatic carbocycles. The predicted octanol–water partition coefficient (Wildman–Crippen LogP) is 5.93. The van der Waals surface area contributed by atoms with E-state index in [2.05, 4.69) is 10.3 Å². The second kappa shape index (κ2) is 8.29. The van der Waals surface area contributed by atoms with E-state index in [0.29, 0.717) is 11.7 Å². The summed E-state index contributed by atoms with van der Waals surface area (Å²) in [5, 5.41) is 8.31. The zero-order valence-corrected chi connectivity index (χ0v) is 17.2. The summed E-state index contributed by atoms with van der Waals surface area (Å²) in [5.74, 6) is -0.685. The third-order valence-electron chi connectivity index (χ3n) is 5.31. The molecular weight excluding hydrogens is 413 g/mol. The van der Waals surface area contributed by atoms with Gasteiger partial charge in [-0.15, -0.1) is 11.8 Å². The van der Waals surface area contributed by atoms with Gasteiger partial charge in [-0.1, -0.05) is 25.3 Å². The minimum Gasteiger partial charge on any atom is -0.320 e. The van der Waals surface area contributed by atoms with Gasteiger partial charge in [0.05, 0.1) is 17.2 Å². The monoisotopic (exact) mass is 434 g/mol. The summed E-state index contributed by atoms with van der Waals surface area (Å²) in [5.41, 5.74) is -0.0122. The molecule has 1 saturated carbocycles. The molecule has 0 unspecified atom stereocenters. The molecule has 3 aromatic rings. The van der Waals surface area contributed by atoms with Crippen LogP contribution in [0.1, 0.15) is 54.3 Å². The number of nitrogens with one attached hydrogen (secondary N) is 1. The van der Waals surface area contributed by atoms with Gasteiger partial charge in [0.1, 0.15) is 11.4 Å². The van der Waals surface area contributed by atoms with E-state index in [1.165, 1.54) is 43.2 Å². The van der Waals surface area contributed by atoms with Crippen LogP contribution < -0.4 is 5.32 Å². The number of hydrogen-bond acceptors (Lipinski definition) is 4. The third-order valence-corrected chi connectivity index (χ3v) is 6.09. The molecular formula is C21H21F3N4OS. The van der Waals surface area contributed by atoms with Crippen LogP contribution in [0.2, 0.25) is 0 Å². The Morgan fingerprint density at radius 2 is 1.97 bits per heavy atom. The number of benzene rings is 1. The van der Waals surface area contributed by atoms with Crippen molar-refractivity contribution in [2.24, 2.45) is 0 Å². The molecule has 0 atom stereocenters. The Morgan fingerprint density at radius 3 is 2.67 bits per heavy atom. The second-order valence-electron chi connectivity index (χ2n) is 7.37. The largest absolute Gasteiger partial charge is 0.433 e. The third kappa shape index (κ3) is 4.30. The average Bonchev–Trinajstić information content (AvgIpc) is 3.16. The highest BCUT2D eigenvalue weighted by Crippen LogP contribution is 2.33. The number of carbonyl (C=O) groups is 1. The number of thioether (sulfide) groups is 1. The molecule has 158 valence electrons. The maximum Gasteiger partial charge on any atom is 0.433 e. The fraction of sp³-hybridized carbons (Fsp3) is 0.381. The molecule has 1 N–H and O–H groups in total. The number of hydrogen-bond donors (Lipinski definition) is 1. The molecule has 4 rings (SSSR count). The van der Waals surface area contributed by atoms with E-state index in [1.54, 1.807) is 0 Å². The summed E-state index contributed by atoms with van der Waals surface area (Å²) in [4.78, 5) is 16.8. The molecule has 30 heavy (non-hydrogen) atoms. The number of alkyl halides is 3. The van der Waals surface area contributed by atoms with E-state index in [1.807, 2.05) is 29.3 Å². The number of pyridine rings is 1. The number of halogens is 3. The summed E-state index contributed by atoms with van der Waals surface area (Å²) >= 11 is 1.44. The maximum absolute atomic E-state index is 12.9. The first-order valence-electron chi connectivity index (χ1n) is 9.77. The fourth-order valence-electron chi connectivity index (χ4n) is 3.78. The Morgan fingerprint density at radius 1 is 1.20 bits per heavy atom. The number of carbonyl (C=O) groups excluding carboxylic acids is 1. The van der Waals surface area contributed by atoms with Gasteiger partial charge in [0.2, 0.25) is 0 Å². The van der Waals surface area contributed by atoms with Crippen LogP contribution in [-0.2, 0) is 6.18 Å². The SMILES string of the molecule is CSc1cc2nn(C3CCCCC3)cc2cc1NC(=O)c1cccc(C(F)(F)F)n1. The van der Waals surface area contributed by atoms with Crippen molar-refractivity contribution in [2.75, 3.05) is 11.6 Å². The van der Waals surface area contributed by atoms with Gasteiger partial charge in [-0.3, -0.25) is 9.48 Å². The first-order valence-corrected chi connectivity index (χ1v) is 11.0. The van der Waals surface area contributed by atoms with Crippen molar-refractivity contribution < 1.29 is 18.0 Å². The minimum atomic E-state index is -4.60. The van der Waals surface area contributed by atoms with Crippen molar-refractivity contribution in [2.45, 2.75) is 49.2 Å². The van der Waals surface area contributed by atoms with Gasteiger partial charge in [-0.25, -0.2) is 4.98 Å². The highest BCUT2D eigenvalue weighted by Gasteiger charge is 2.33. The topological polar surface area (TPSA) is 59.8 Å². The first kappa shape index (κ1) is 20.7. The van der Waals surface area contributed by atoms with Crippen molar-refractivity contribution in [1.82, 2.24) is 14.8 Å². The summed E-state index contributed by atoms with van der Waals surface area (Å²) in [6.07, 6.45) is 5.11. The van der Waals surface area contributed by atoms with Crippen LogP contribution in [0.5, 0.6) is 0 Å². The molecule has 1 aliphatic rings. The van der Waals surface area contributed by atoms with Crippen LogP contribution in [0.15, 0.2) is 41.4 Å². The first-order chi connectivity index (χ1) is 14.3. The smallest absolute Gasteiger partial charge is 0.320 e. The van der Waals surface area contributed by atoms with Crippen LogP contribution in [-0.4, -0.2) is 26.9 Å². The highest BCUT2D eigenvalue weighted by molar-refractivity contribution is 7.98. The summed E-state index contributed by atoms with van der Waals surface area (Å²) in [6, 6.07) is 7.39. The molecule has 0 bridgehead atoms. The predicted molar refractivity (Wildman–Crippen MR) is 111 cm³/mol. The lowest BCUT2D eigenvalue weighted by Gasteiger charge is -2.21. The Bertz CT molecular complexity index is 1070. The molecule has 1 fully saturated rings. The molecule has 9 heteroatoms. The average molecular weight is 434 g/mol. The zero-order valence-electron chi connectivity index (χ0n) is 16.4. The molecule has 2 aromatic heterocycles. The fourth-order valence-corrected chi connectivity index (χ4v) is 4.34. The standard InChI is InChI=1S/C21H21F3N4OS/c1-30-18-11-16-13(12-28(27-16)14-6-3-2-4-7-14)10-17(18)26-20(29)15-8-5-9-19(25-15)21(22,23)24/h5,8-12,14H,2-4,6-7H2,1H3,(H,26,29). The second-order valence-corrected chi connectivity index (χ2v) is 8.22. The Balaban J connectivity index is 1.62. The van der Waals surface area contributed by atoms with E-state index in [0.717, 1.165) is 34.7 Å². The van der Waals surface area contributed by atoms with E-state index in [-0.39, 0.29) is 5.69 Å². The van der Waals surface area contributed by atoms with Crippen LogP contribution in [0, 0.1) is 0 Å². The lowest BCUT2D eigenvalue weighted by Crippen LogP contribution is -2.17. The molecule has 2 heterocycles. The van der Waals surface area contributed by atoms with Crippen LogP contribution >= 0.6 is 11.8 Å². The van der Waals surface area contributed by atoms with E-state index >= 15 is 0 Å². The van der Waals surface area contributed by atoms with E-state index in [9.17, 15) is 18.0 Å². The van der Waals surface area contributed by atoms with Gasteiger partial charge in [-0.05, 0) is 43.4 Å². The van der Waals surface area contributed by atoms with Crippen LogP contribution in [0.25, 0.3) is 10.9 Å². The summed E-state index contributed by atoms with van der Waals surface area (Å²) in [7, 11) is 0.